The molecule has 0 aromatic carbocycles. The standard InChI is InChI=1S/C13H24/c1-5-6-7-8-12-11(4)13(12)9-10(2)3/h9,11-13H,5-8H2,1-4H3. The van der Waals surface area contributed by atoms with E-state index in [4.69, 9.17) is 0 Å². The van der Waals surface area contributed by atoms with Crippen molar-refractivity contribution in [1.82, 2.24) is 0 Å². The highest BCUT2D eigenvalue weighted by atomic mass is 14.5. The summed E-state index contributed by atoms with van der Waals surface area (Å²) in [6.07, 6.45) is 8.16. The molecule has 0 heterocycles. The topological polar surface area (TPSA) is 0 Å². The van der Waals surface area contributed by atoms with Crippen LogP contribution in [-0.2, 0) is 0 Å². The third-order valence-corrected chi connectivity index (χ3v) is 3.30. The smallest absolute Gasteiger partial charge is 0.0171 e. The molecule has 0 radical (unpaired) electrons. The van der Waals surface area contributed by atoms with Crippen LogP contribution in [0.2, 0.25) is 0 Å². The predicted molar refractivity (Wildman–Crippen MR) is 59.7 cm³/mol. The van der Waals surface area contributed by atoms with E-state index in [-0.39, 0.29) is 0 Å². The molecule has 1 saturated carbocycles. The van der Waals surface area contributed by atoms with Crippen LogP contribution in [0.15, 0.2) is 11.6 Å². The molecule has 3 unspecified atom stereocenters. The van der Waals surface area contributed by atoms with Crippen molar-refractivity contribution in [3.63, 3.8) is 0 Å². The Morgan fingerprint density at radius 1 is 1.23 bits per heavy atom. The average Bonchev–Trinajstić information content (AvgIpc) is 2.63. The second kappa shape index (κ2) is 4.83. The lowest BCUT2D eigenvalue weighted by Crippen LogP contribution is -1.82. The molecule has 0 saturated heterocycles. The highest BCUT2D eigenvalue weighted by Crippen LogP contribution is 2.50. The van der Waals surface area contributed by atoms with Gasteiger partial charge in [-0.25, -0.2) is 0 Å². The van der Waals surface area contributed by atoms with Gasteiger partial charge in [-0.1, -0.05) is 44.8 Å². The number of hydrogen-bond acceptors (Lipinski definition) is 0. The lowest BCUT2D eigenvalue weighted by atomic mass is 10.1. The Morgan fingerprint density at radius 2 is 1.92 bits per heavy atom. The number of unbranched alkanes of at least 4 members (excludes halogenated alkanes) is 2. The molecule has 0 aromatic rings. The summed E-state index contributed by atoms with van der Waals surface area (Å²) in [5, 5.41) is 0. The fraction of sp³-hybridized carbons (Fsp3) is 0.846. The number of hydrogen-bond donors (Lipinski definition) is 0. The number of rotatable bonds is 5. The molecule has 0 bridgehead atoms. The Balaban J connectivity index is 2.20. The second-order valence-electron chi connectivity index (χ2n) is 4.84. The first kappa shape index (κ1) is 10.8. The van der Waals surface area contributed by atoms with Crippen molar-refractivity contribution in [2.75, 3.05) is 0 Å². The van der Waals surface area contributed by atoms with E-state index in [0.717, 1.165) is 17.8 Å². The summed E-state index contributed by atoms with van der Waals surface area (Å²) in [5.74, 6) is 2.90. The molecule has 0 nitrogen and oxygen atoms in total. The Labute approximate surface area is 83.4 Å². The first-order valence-corrected chi connectivity index (χ1v) is 5.81. The van der Waals surface area contributed by atoms with Gasteiger partial charge in [0.1, 0.15) is 0 Å². The molecule has 76 valence electrons. The van der Waals surface area contributed by atoms with Crippen molar-refractivity contribution in [1.29, 1.82) is 0 Å². The lowest BCUT2D eigenvalue weighted by molar-refractivity contribution is 0.588. The normalized spacial score (nSPS) is 31.5. The summed E-state index contributed by atoms with van der Waals surface area (Å²) in [5.41, 5.74) is 1.50. The highest BCUT2D eigenvalue weighted by Gasteiger charge is 2.43. The molecule has 0 N–H and O–H groups in total. The van der Waals surface area contributed by atoms with Crippen LogP contribution in [0.4, 0.5) is 0 Å². The Morgan fingerprint density at radius 3 is 2.46 bits per heavy atom. The summed E-state index contributed by atoms with van der Waals surface area (Å²) in [6, 6.07) is 0. The van der Waals surface area contributed by atoms with Gasteiger partial charge in [-0.05, 0) is 38.0 Å². The van der Waals surface area contributed by atoms with Gasteiger partial charge in [0, 0.05) is 0 Å². The third kappa shape index (κ3) is 3.17. The SMILES string of the molecule is CCCCCC1C(C)C1C=C(C)C. The first-order chi connectivity index (χ1) is 6.16. The second-order valence-corrected chi connectivity index (χ2v) is 4.84. The maximum Gasteiger partial charge on any atom is -0.0171 e. The maximum absolute atomic E-state index is 2.47. The van der Waals surface area contributed by atoms with Crippen LogP contribution in [0.3, 0.4) is 0 Å². The minimum absolute atomic E-state index is 0.918. The maximum atomic E-state index is 2.47. The van der Waals surface area contributed by atoms with Crippen molar-refractivity contribution in [2.24, 2.45) is 17.8 Å². The molecule has 0 spiro atoms. The molecular weight excluding hydrogens is 156 g/mol. The van der Waals surface area contributed by atoms with Crippen molar-refractivity contribution >= 4 is 0 Å². The van der Waals surface area contributed by atoms with E-state index >= 15 is 0 Å². The molecule has 0 heteroatoms. The van der Waals surface area contributed by atoms with Gasteiger partial charge in [0.25, 0.3) is 0 Å². The van der Waals surface area contributed by atoms with Crippen LogP contribution in [0, 0.1) is 17.8 Å². The van der Waals surface area contributed by atoms with Gasteiger partial charge in [0.05, 0.1) is 0 Å². The molecule has 13 heavy (non-hydrogen) atoms. The van der Waals surface area contributed by atoms with Gasteiger partial charge in [0.2, 0.25) is 0 Å². The van der Waals surface area contributed by atoms with Gasteiger partial charge in [0.15, 0.2) is 0 Å². The minimum atomic E-state index is 0.918. The van der Waals surface area contributed by atoms with Gasteiger partial charge in [-0.3, -0.25) is 0 Å². The third-order valence-electron chi connectivity index (χ3n) is 3.30. The Bertz CT molecular complexity index is 174. The van der Waals surface area contributed by atoms with Crippen molar-refractivity contribution in [3.8, 4) is 0 Å². The minimum Gasteiger partial charge on any atom is -0.0822 e. The summed E-state index contributed by atoms with van der Waals surface area (Å²) >= 11 is 0. The highest BCUT2D eigenvalue weighted by molar-refractivity contribution is 5.10. The summed E-state index contributed by atoms with van der Waals surface area (Å²) in [7, 11) is 0. The fourth-order valence-corrected chi connectivity index (χ4v) is 2.33. The van der Waals surface area contributed by atoms with Crippen LogP contribution >= 0.6 is 0 Å². The fourth-order valence-electron chi connectivity index (χ4n) is 2.33. The van der Waals surface area contributed by atoms with Crippen LogP contribution in [-0.4, -0.2) is 0 Å². The molecule has 1 aliphatic carbocycles. The van der Waals surface area contributed by atoms with Crippen LogP contribution < -0.4 is 0 Å². The molecule has 0 aliphatic heterocycles. The average molecular weight is 180 g/mol. The lowest BCUT2D eigenvalue weighted by Gasteiger charge is -1.96. The van der Waals surface area contributed by atoms with Crippen molar-refractivity contribution in [3.05, 3.63) is 11.6 Å². The van der Waals surface area contributed by atoms with Gasteiger partial charge in [-0.15, -0.1) is 0 Å². The Hall–Kier alpha value is -0.260. The molecule has 3 atom stereocenters. The van der Waals surface area contributed by atoms with Gasteiger partial charge < -0.3 is 0 Å². The van der Waals surface area contributed by atoms with E-state index in [2.05, 4.69) is 33.8 Å². The quantitative estimate of drug-likeness (QED) is 0.434. The zero-order chi connectivity index (χ0) is 9.84. The Kier molecular flexibility index (Phi) is 4.02. The van der Waals surface area contributed by atoms with E-state index in [1.807, 2.05) is 0 Å². The van der Waals surface area contributed by atoms with E-state index in [9.17, 15) is 0 Å². The summed E-state index contributed by atoms with van der Waals surface area (Å²) < 4.78 is 0. The number of allylic oxidation sites excluding steroid dienone is 2. The van der Waals surface area contributed by atoms with Crippen molar-refractivity contribution in [2.45, 2.75) is 53.4 Å². The summed E-state index contributed by atoms with van der Waals surface area (Å²) in [4.78, 5) is 0. The first-order valence-electron chi connectivity index (χ1n) is 5.81. The molecule has 1 fully saturated rings. The van der Waals surface area contributed by atoms with E-state index in [1.165, 1.54) is 31.3 Å². The van der Waals surface area contributed by atoms with Crippen molar-refractivity contribution < 1.29 is 0 Å². The molecule has 0 aromatic heterocycles. The molecule has 1 aliphatic rings. The van der Waals surface area contributed by atoms with Crippen LogP contribution in [0.1, 0.15) is 53.4 Å². The van der Waals surface area contributed by atoms with Gasteiger partial charge >= 0.3 is 0 Å². The van der Waals surface area contributed by atoms with E-state index in [1.54, 1.807) is 0 Å². The largest absolute Gasteiger partial charge is 0.0822 e. The van der Waals surface area contributed by atoms with E-state index in [0.29, 0.717) is 0 Å². The molecular formula is C13H24. The summed E-state index contributed by atoms with van der Waals surface area (Å²) in [6.45, 7) is 9.12. The molecule has 0 amide bonds. The van der Waals surface area contributed by atoms with E-state index < -0.39 is 0 Å². The zero-order valence-corrected chi connectivity index (χ0v) is 9.64. The monoisotopic (exact) mass is 180 g/mol. The predicted octanol–water partition coefficient (Wildman–Crippen LogP) is 4.42. The van der Waals surface area contributed by atoms with Crippen LogP contribution in [0.25, 0.3) is 0 Å². The van der Waals surface area contributed by atoms with Crippen LogP contribution in [0.5, 0.6) is 0 Å². The van der Waals surface area contributed by atoms with Gasteiger partial charge in [-0.2, -0.15) is 0 Å². The molecule has 1 rings (SSSR count). The zero-order valence-electron chi connectivity index (χ0n) is 9.64.